The smallest absolute Gasteiger partial charge is 0.272 e. The number of fused-ring (bicyclic) bond motifs is 1. The zero-order chi connectivity index (χ0) is 17.1. The Balaban J connectivity index is 1.70. The van der Waals surface area contributed by atoms with Crippen LogP contribution in [0.5, 0.6) is 5.75 Å². The van der Waals surface area contributed by atoms with Crippen molar-refractivity contribution in [1.82, 2.24) is 14.8 Å². The highest BCUT2D eigenvalue weighted by Gasteiger charge is 2.23. The number of hydrogen-bond donors (Lipinski definition) is 0. The second-order valence-corrected chi connectivity index (χ2v) is 6.74. The van der Waals surface area contributed by atoms with Gasteiger partial charge in [-0.3, -0.25) is 9.69 Å². The highest BCUT2D eigenvalue weighted by Crippen LogP contribution is 2.20. The van der Waals surface area contributed by atoms with Gasteiger partial charge in [0.15, 0.2) is 0 Å². The maximum atomic E-state index is 12.7. The lowest BCUT2D eigenvalue weighted by Crippen LogP contribution is -2.49. The minimum absolute atomic E-state index is 0.0249. The van der Waals surface area contributed by atoms with Gasteiger partial charge in [-0.15, -0.1) is 0 Å². The number of carbonyl (C=O) groups is 1. The molecule has 1 aromatic heterocycles. The summed E-state index contributed by atoms with van der Waals surface area (Å²) in [6, 6.07) is 9.44. The molecule has 0 radical (unpaired) electrons. The Morgan fingerprint density at radius 2 is 1.92 bits per heavy atom. The zero-order valence-corrected chi connectivity index (χ0v) is 14.7. The fourth-order valence-corrected chi connectivity index (χ4v) is 3.16. The molecule has 0 bridgehead atoms. The van der Waals surface area contributed by atoms with Crippen LogP contribution in [0.2, 0.25) is 0 Å². The Kier molecular flexibility index (Phi) is 5.00. The van der Waals surface area contributed by atoms with Crippen molar-refractivity contribution in [2.45, 2.75) is 13.8 Å². The number of hydrogen-bond acceptors (Lipinski definition) is 4. The van der Waals surface area contributed by atoms with Crippen molar-refractivity contribution in [3.8, 4) is 5.75 Å². The molecule has 24 heavy (non-hydrogen) atoms. The third-order valence-electron chi connectivity index (χ3n) is 4.40. The van der Waals surface area contributed by atoms with E-state index in [0.29, 0.717) is 11.6 Å². The van der Waals surface area contributed by atoms with E-state index in [2.05, 4.69) is 23.7 Å². The van der Waals surface area contributed by atoms with E-state index >= 15 is 0 Å². The van der Waals surface area contributed by atoms with Crippen LogP contribution in [-0.2, 0) is 0 Å². The lowest BCUT2D eigenvalue weighted by Gasteiger charge is -2.35. The Labute approximate surface area is 143 Å². The van der Waals surface area contributed by atoms with Crippen molar-refractivity contribution >= 4 is 16.8 Å². The summed E-state index contributed by atoms with van der Waals surface area (Å²) in [6.45, 7) is 8.97. The third-order valence-corrected chi connectivity index (χ3v) is 4.40. The molecule has 5 heteroatoms. The molecule has 0 unspecified atom stereocenters. The molecule has 1 fully saturated rings. The molecule has 128 valence electrons. The number of ether oxygens (including phenoxy) is 1. The molecule has 1 aliphatic heterocycles. The van der Waals surface area contributed by atoms with Crippen LogP contribution in [0.4, 0.5) is 0 Å². The lowest BCUT2D eigenvalue weighted by atomic mass is 10.1. The van der Waals surface area contributed by atoms with Gasteiger partial charge >= 0.3 is 0 Å². The van der Waals surface area contributed by atoms with Gasteiger partial charge in [-0.05, 0) is 30.2 Å². The van der Waals surface area contributed by atoms with Gasteiger partial charge in [0, 0.05) is 38.1 Å². The first kappa shape index (κ1) is 16.7. The summed E-state index contributed by atoms with van der Waals surface area (Å²) in [5.74, 6) is 1.48. The van der Waals surface area contributed by atoms with Gasteiger partial charge in [0.2, 0.25) is 0 Å². The Hall–Kier alpha value is -2.14. The predicted octanol–water partition coefficient (Wildman–Crippen LogP) is 2.66. The number of carbonyl (C=O) groups excluding carboxylic acids is 1. The largest absolute Gasteiger partial charge is 0.497 e. The zero-order valence-electron chi connectivity index (χ0n) is 14.7. The van der Waals surface area contributed by atoms with E-state index in [1.807, 2.05) is 35.2 Å². The van der Waals surface area contributed by atoms with Crippen molar-refractivity contribution < 1.29 is 9.53 Å². The van der Waals surface area contributed by atoms with Gasteiger partial charge in [0.1, 0.15) is 11.4 Å². The summed E-state index contributed by atoms with van der Waals surface area (Å²) >= 11 is 0. The number of aromatic nitrogens is 1. The first-order valence-electron chi connectivity index (χ1n) is 8.53. The van der Waals surface area contributed by atoms with Gasteiger partial charge < -0.3 is 9.64 Å². The van der Waals surface area contributed by atoms with Crippen LogP contribution in [0.15, 0.2) is 30.3 Å². The molecule has 3 rings (SSSR count). The molecule has 0 atom stereocenters. The van der Waals surface area contributed by atoms with E-state index in [1.54, 1.807) is 7.11 Å². The topological polar surface area (TPSA) is 45.7 Å². The fourth-order valence-electron chi connectivity index (χ4n) is 3.16. The highest BCUT2D eigenvalue weighted by molar-refractivity contribution is 5.95. The molecular formula is C19H25N3O2. The van der Waals surface area contributed by atoms with E-state index in [9.17, 15) is 4.79 Å². The van der Waals surface area contributed by atoms with Gasteiger partial charge in [0.25, 0.3) is 5.91 Å². The Morgan fingerprint density at radius 1 is 1.17 bits per heavy atom. The average Bonchev–Trinajstić information content (AvgIpc) is 2.60. The number of pyridine rings is 1. The quantitative estimate of drug-likeness (QED) is 0.866. The van der Waals surface area contributed by atoms with Gasteiger partial charge in [0.05, 0.1) is 12.6 Å². The minimum Gasteiger partial charge on any atom is -0.497 e. The van der Waals surface area contributed by atoms with Gasteiger partial charge in [-0.25, -0.2) is 4.98 Å². The van der Waals surface area contributed by atoms with Crippen LogP contribution in [0, 0.1) is 5.92 Å². The van der Waals surface area contributed by atoms with Gasteiger partial charge in [-0.2, -0.15) is 0 Å². The van der Waals surface area contributed by atoms with Crippen molar-refractivity contribution in [3.63, 3.8) is 0 Å². The first-order valence-corrected chi connectivity index (χ1v) is 8.53. The van der Waals surface area contributed by atoms with Gasteiger partial charge in [-0.1, -0.05) is 19.9 Å². The molecule has 5 nitrogen and oxygen atoms in total. The van der Waals surface area contributed by atoms with Crippen LogP contribution in [0.25, 0.3) is 10.9 Å². The van der Waals surface area contributed by atoms with E-state index in [0.717, 1.165) is 49.4 Å². The normalized spacial score (nSPS) is 15.9. The van der Waals surface area contributed by atoms with Crippen LogP contribution in [0.3, 0.4) is 0 Å². The Bertz CT molecular complexity index is 722. The molecule has 1 aliphatic rings. The second kappa shape index (κ2) is 7.18. The van der Waals surface area contributed by atoms with Crippen molar-refractivity contribution in [2.75, 3.05) is 39.8 Å². The van der Waals surface area contributed by atoms with Crippen LogP contribution in [-0.4, -0.2) is 60.5 Å². The number of nitrogens with zero attached hydrogens (tertiary/aromatic N) is 3. The summed E-state index contributed by atoms with van der Waals surface area (Å²) in [7, 11) is 1.64. The predicted molar refractivity (Wildman–Crippen MR) is 95.5 cm³/mol. The number of benzene rings is 1. The summed E-state index contributed by atoms with van der Waals surface area (Å²) < 4.78 is 5.22. The van der Waals surface area contributed by atoms with Crippen molar-refractivity contribution in [2.24, 2.45) is 5.92 Å². The maximum Gasteiger partial charge on any atom is 0.272 e. The average molecular weight is 327 g/mol. The van der Waals surface area contributed by atoms with Crippen molar-refractivity contribution in [3.05, 3.63) is 36.0 Å². The maximum absolute atomic E-state index is 12.7. The number of rotatable bonds is 4. The van der Waals surface area contributed by atoms with E-state index in [4.69, 9.17) is 4.74 Å². The van der Waals surface area contributed by atoms with E-state index in [1.165, 1.54) is 0 Å². The van der Waals surface area contributed by atoms with E-state index < -0.39 is 0 Å². The summed E-state index contributed by atoms with van der Waals surface area (Å²) in [5.41, 5.74) is 1.34. The SMILES string of the molecule is COc1ccc2nc(C(=O)N3CCN(CC(C)C)CC3)ccc2c1. The molecule has 0 spiro atoms. The number of piperazine rings is 1. The molecular weight excluding hydrogens is 302 g/mol. The Morgan fingerprint density at radius 3 is 2.58 bits per heavy atom. The number of amides is 1. The fraction of sp³-hybridized carbons (Fsp3) is 0.474. The minimum atomic E-state index is 0.0249. The van der Waals surface area contributed by atoms with E-state index in [-0.39, 0.29) is 5.91 Å². The molecule has 2 heterocycles. The molecule has 1 saturated heterocycles. The molecule has 0 saturated carbocycles. The molecule has 1 amide bonds. The summed E-state index contributed by atoms with van der Waals surface area (Å²) in [5, 5.41) is 0.979. The number of methoxy groups -OCH3 is 1. The molecule has 0 N–H and O–H groups in total. The van der Waals surface area contributed by atoms with Crippen molar-refractivity contribution in [1.29, 1.82) is 0 Å². The third kappa shape index (κ3) is 3.67. The van der Waals surface area contributed by atoms with Crippen LogP contribution in [0.1, 0.15) is 24.3 Å². The monoisotopic (exact) mass is 327 g/mol. The molecule has 0 aliphatic carbocycles. The lowest BCUT2D eigenvalue weighted by molar-refractivity contribution is 0.0618. The highest BCUT2D eigenvalue weighted by atomic mass is 16.5. The molecule has 1 aromatic carbocycles. The second-order valence-electron chi connectivity index (χ2n) is 6.74. The van der Waals surface area contributed by atoms with Crippen LogP contribution < -0.4 is 4.74 Å². The summed E-state index contributed by atoms with van der Waals surface area (Å²) in [6.07, 6.45) is 0. The standard InChI is InChI=1S/C19H25N3O2/c1-14(2)13-21-8-10-22(11-9-21)19(23)18-6-4-15-12-16(24-3)5-7-17(15)20-18/h4-7,12,14H,8-11,13H2,1-3H3. The van der Waals surface area contributed by atoms with Crippen LogP contribution >= 0.6 is 0 Å². The summed E-state index contributed by atoms with van der Waals surface area (Å²) in [4.78, 5) is 21.6. The first-order chi connectivity index (χ1) is 11.6. The molecule has 2 aromatic rings.